The number of nitrogens with one attached hydrogen (secondary N) is 1. The Morgan fingerprint density at radius 1 is 1.30 bits per heavy atom. The standard InChI is InChI=1S/C13H13BrClNO2S2/c1-9-8-12(19-13(9)14)20(17,18)16-7-6-10-2-4-11(15)5-3-10/h2-5,8,16H,6-7H2,1H3. The number of thiophene rings is 1. The van der Waals surface area contributed by atoms with Crippen LogP contribution in [0.5, 0.6) is 0 Å². The maximum Gasteiger partial charge on any atom is 0.250 e. The maximum atomic E-state index is 12.1. The van der Waals surface area contributed by atoms with Crippen molar-refractivity contribution in [2.75, 3.05) is 6.54 Å². The van der Waals surface area contributed by atoms with Crippen molar-refractivity contribution in [2.45, 2.75) is 17.6 Å². The van der Waals surface area contributed by atoms with Gasteiger partial charge in [0, 0.05) is 11.6 Å². The van der Waals surface area contributed by atoms with Crippen LogP contribution in [0.3, 0.4) is 0 Å². The van der Waals surface area contributed by atoms with Gasteiger partial charge in [0.15, 0.2) is 0 Å². The first-order valence-corrected chi connectivity index (χ1v) is 9.35. The summed E-state index contributed by atoms with van der Waals surface area (Å²) in [5, 5.41) is 0.674. The molecule has 0 unspecified atom stereocenters. The van der Waals surface area contributed by atoms with Gasteiger partial charge in [-0.2, -0.15) is 0 Å². The topological polar surface area (TPSA) is 46.2 Å². The van der Waals surface area contributed by atoms with Gasteiger partial charge < -0.3 is 0 Å². The number of rotatable bonds is 5. The predicted molar refractivity (Wildman–Crippen MR) is 87.1 cm³/mol. The molecule has 0 amide bonds. The SMILES string of the molecule is Cc1cc(S(=O)(=O)NCCc2ccc(Cl)cc2)sc1Br. The lowest BCUT2D eigenvalue weighted by Crippen LogP contribution is -2.25. The molecule has 0 aliphatic heterocycles. The second-order valence-corrected chi connectivity index (χ2v) is 9.10. The Hall–Kier alpha value is -0.400. The lowest BCUT2D eigenvalue weighted by atomic mass is 10.2. The molecule has 0 aliphatic rings. The number of aryl methyl sites for hydroxylation is 1. The molecule has 2 aromatic rings. The Labute approximate surface area is 136 Å². The third-order valence-corrected chi connectivity index (χ3v) is 7.04. The second-order valence-electron chi connectivity index (χ2n) is 4.30. The molecule has 0 saturated heterocycles. The first kappa shape index (κ1) is 16.0. The van der Waals surface area contributed by atoms with Crippen molar-refractivity contribution in [3.63, 3.8) is 0 Å². The summed E-state index contributed by atoms with van der Waals surface area (Å²) in [4.78, 5) is 0. The normalized spacial score (nSPS) is 11.8. The molecule has 0 saturated carbocycles. The van der Waals surface area contributed by atoms with Crippen LogP contribution in [0.25, 0.3) is 0 Å². The lowest BCUT2D eigenvalue weighted by molar-refractivity contribution is 0.583. The summed E-state index contributed by atoms with van der Waals surface area (Å²) in [5.41, 5.74) is 1.97. The quantitative estimate of drug-likeness (QED) is 0.833. The Balaban J connectivity index is 1.97. The molecule has 0 fully saturated rings. The fourth-order valence-corrected chi connectivity index (χ4v) is 5.04. The molecule has 0 bridgehead atoms. The van der Waals surface area contributed by atoms with E-state index in [2.05, 4.69) is 20.7 Å². The summed E-state index contributed by atoms with van der Waals surface area (Å²) in [5.74, 6) is 0. The van der Waals surface area contributed by atoms with Crippen LogP contribution < -0.4 is 4.72 Å². The molecule has 1 N–H and O–H groups in total. The van der Waals surface area contributed by atoms with Crippen LogP contribution in [0.4, 0.5) is 0 Å². The number of halogens is 2. The monoisotopic (exact) mass is 393 g/mol. The molecular formula is C13H13BrClNO2S2. The van der Waals surface area contributed by atoms with E-state index in [4.69, 9.17) is 11.6 Å². The highest BCUT2D eigenvalue weighted by Crippen LogP contribution is 2.30. The van der Waals surface area contributed by atoms with Crippen LogP contribution >= 0.6 is 38.9 Å². The van der Waals surface area contributed by atoms with Gasteiger partial charge >= 0.3 is 0 Å². The second kappa shape index (κ2) is 6.58. The van der Waals surface area contributed by atoms with Gasteiger partial charge in [-0.25, -0.2) is 13.1 Å². The fourth-order valence-electron chi connectivity index (χ4n) is 1.62. The first-order chi connectivity index (χ1) is 9.38. The van der Waals surface area contributed by atoms with Gasteiger partial charge in [-0.15, -0.1) is 11.3 Å². The lowest BCUT2D eigenvalue weighted by Gasteiger charge is -2.05. The van der Waals surface area contributed by atoms with Crippen LogP contribution in [0, 0.1) is 6.92 Å². The summed E-state index contributed by atoms with van der Waals surface area (Å²) >= 11 is 10.4. The minimum atomic E-state index is -3.43. The van der Waals surface area contributed by atoms with Gasteiger partial charge in [-0.05, 0) is 58.6 Å². The van der Waals surface area contributed by atoms with E-state index in [1.807, 2.05) is 19.1 Å². The van der Waals surface area contributed by atoms with Crippen LogP contribution in [-0.2, 0) is 16.4 Å². The minimum Gasteiger partial charge on any atom is -0.210 e. The highest BCUT2D eigenvalue weighted by molar-refractivity contribution is 9.11. The zero-order chi connectivity index (χ0) is 14.8. The smallest absolute Gasteiger partial charge is 0.210 e. The molecular weight excluding hydrogens is 382 g/mol. The van der Waals surface area contributed by atoms with E-state index in [1.54, 1.807) is 18.2 Å². The molecule has 1 aromatic heterocycles. The highest BCUT2D eigenvalue weighted by atomic mass is 79.9. The summed E-state index contributed by atoms with van der Waals surface area (Å²) < 4.78 is 28.0. The van der Waals surface area contributed by atoms with Crippen LogP contribution in [-0.4, -0.2) is 15.0 Å². The van der Waals surface area contributed by atoms with Gasteiger partial charge in [0.05, 0.1) is 3.79 Å². The average molecular weight is 395 g/mol. The zero-order valence-electron chi connectivity index (χ0n) is 10.7. The molecule has 2 rings (SSSR count). The van der Waals surface area contributed by atoms with E-state index in [0.717, 1.165) is 14.9 Å². The van der Waals surface area contributed by atoms with Gasteiger partial charge in [-0.3, -0.25) is 0 Å². The number of benzene rings is 1. The van der Waals surface area contributed by atoms with Crippen molar-refractivity contribution in [3.8, 4) is 0 Å². The van der Waals surface area contributed by atoms with Crippen LogP contribution in [0.2, 0.25) is 5.02 Å². The van der Waals surface area contributed by atoms with Crippen molar-refractivity contribution in [1.29, 1.82) is 0 Å². The van der Waals surface area contributed by atoms with E-state index in [0.29, 0.717) is 22.2 Å². The summed E-state index contributed by atoms with van der Waals surface area (Å²) in [7, 11) is -3.43. The van der Waals surface area contributed by atoms with Gasteiger partial charge in [0.2, 0.25) is 10.0 Å². The van der Waals surface area contributed by atoms with E-state index < -0.39 is 10.0 Å². The highest BCUT2D eigenvalue weighted by Gasteiger charge is 2.17. The van der Waals surface area contributed by atoms with Crippen molar-refractivity contribution in [3.05, 3.63) is 50.3 Å². The van der Waals surface area contributed by atoms with Crippen LogP contribution in [0.15, 0.2) is 38.3 Å². The number of sulfonamides is 1. The van der Waals surface area contributed by atoms with Gasteiger partial charge in [0.1, 0.15) is 4.21 Å². The molecule has 0 aliphatic carbocycles. The maximum absolute atomic E-state index is 12.1. The van der Waals surface area contributed by atoms with Crippen molar-refractivity contribution >= 4 is 48.9 Å². The summed E-state index contributed by atoms with van der Waals surface area (Å²) in [6.45, 7) is 2.23. The molecule has 0 radical (unpaired) electrons. The molecule has 20 heavy (non-hydrogen) atoms. The minimum absolute atomic E-state index is 0.331. The number of hydrogen-bond acceptors (Lipinski definition) is 3. The molecule has 3 nitrogen and oxygen atoms in total. The van der Waals surface area contributed by atoms with Crippen LogP contribution in [0.1, 0.15) is 11.1 Å². The first-order valence-electron chi connectivity index (χ1n) is 5.88. The van der Waals surface area contributed by atoms with Crippen molar-refractivity contribution < 1.29 is 8.42 Å². The van der Waals surface area contributed by atoms with E-state index >= 15 is 0 Å². The summed E-state index contributed by atoms with van der Waals surface area (Å²) in [6, 6.07) is 9.04. The summed E-state index contributed by atoms with van der Waals surface area (Å²) in [6.07, 6.45) is 0.627. The van der Waals surface area contributed by atoms with E-state index in [1.165, 1.54) is 11.3 Å². The van der Waals surface area contributed by atoms with Crippen molar-refractivity contribution in [1.82, 2.24) is 4.72 Å². The molecule has 0 atom stereocenters. The third kappa shape index (κ3) is 4.05. The molecule has 108 valence electrons. The van der Waals surface area contributed by atoms with Gasteiger partial charge in [0.25, 0.3) is 0 Å². The largest absolute Gasteiger partial charge is 0.250 e. The molecule has 0 spiro atoms. The molecule has 1 aromatic carbocycles. The number of hydrogen-bond donors (Lipinski definition) is 1. The Morgan fingerprint density at radius 3 is 2.50 bits per heavy atom. The Bertz CT molecular complexity index is 676. The van der Waals surface area contributed by atoms with Crippen molar-refractivity contribution in [2.24, 2.45) is 0 Å². The molecule has 7 heteroatoms. The third-order valence-electron chi connectivity index (χ3n) is 2.72. The average Bonchev–Trinajstić information content (AvgIpc) is 2.73. The Morgan fingerprint density at radius 2 is 1.95 bits per heavy atom. The van der Waals surface area contributed by atoms with Gasteiger partial charge in [-0.1, -0.05) is 23.7 Å². The van der Waals surface area contributed by atoms with E-state index in [9.17, 15) is 8.42 Å². The predicted octanol–water partition coefficient (Wildman–Crippen LogP) is 3.99. The zero-order valence-corrected chi connectivity index (χ0v) is 14.7. The Kier molecular flexibility index (Phi) is 5.25. The van der Waals surface area contributed by atoms with E-state index in [-0.39, 0.29) is 0 Å². The fraction of sp³-hybridized carbons (Fsp3) is 0.231. The molecule has 1 heterocycles.